The molecule has 3 rings (SSSR count). The molecule has 1 heterocycles. The van der Waals surface area contributed by atoms with Crippen molar-refractivity contribution < 1.29 is 4.70 Å². The van der Waals surface area contributed by atoms with Gasteiger partial charge in [0.15, 0.2) is 0 Å². The standard InChI is InChI=1S/C9H14N2/c10-11-7-4-6-2-1-3-9(11)8(6)5-7/h6-9H,1-5H2/t6?,7?,8-,9-/m1/s1. The third-order valence-corrected chi connectivity index (χ3v) is 4.01. The summed E-state index contributed by atoms with van der Waals surface area (Å²) in [7, 11) is 0. The number of rotatable bonds is 0. The van der Waals surface area contributed by atoms with Crippen LogP contribution in [-0.2, 0) is 0 Å². The van der Waals surface area contributed by atoms with Crippen molar-refractivity contribution in [2.75, 3.05) is 0 Å². The smallest absolute Gasteiger partial charge is 0.144 e. The summed E-state index contributed by atoms with van der Waals surface area (Å²) < 4.78 is 1.67. The van der Waals surface area contributed by atoms with E-state index in [-0.39, 0.29) is 0 Å². The van der Waals surface area contributed by atoms with E-state index in [2.05, 4.69) is 0 Å². The van der Waals surface area contributed by atoms with E-state index in [1.807, 2.05) is 0 Å². The first-order valence-corrected chi connectivity index (χ1v) is 4.83. The van der Waals surface area contributed by atoms with Crippen molar-refractivity contribution in [3.8, 4) is 0 Å². The van der Waals surface area contributed by atoms with Crippen LogP contribution in [0.3, 0.4) is 0 Å². The van der Waals surface area contributed by atoms with Gasteiger partial charge in [0, 0.05) is 25.2 Å². The van der Waals surface area contributed by atoms with Crippen molar-refractivity contribution in [3.05, 3.63) is 5.53 Å². The number of piperidine rings is 1. The molecular formula is C9H14N2. The summed E-state index contributed by atoms with van der Waals surface area (Å²) in [6.45, 7) is 0. The lowest BCUT2D eigenvalue weighted by molar-refractivity contribution is -0.615. The zero-order valence-electron chi connectivity index (χ0n) is 6.74. The Bertz CT molecular complexity index is 210. The molecule has 2 nitrogen and oxygen atoms in total. The van der Waals surface area contributed by atoms with E-state index in [0.29, 0.717) is 12.1 Å². The van der Waals surface area contributed by atoms with E-state index in [1.54, 1.807) is 4.70 Å². The fourth-order valence-corrected chi connectivity index (χ4v) is 3.55. The lowest BCUT2D eigenvalue weighted by Crippen LogP contribution is -2.38. The van der Waals surface area contributed by atoms with E-state index in [1.165, 1.54) is 32.1 Å². The van der Waals surface area contributed by atoms with Gasteiger partial charge in [-0.25, -0.2) is 0 Å². The molecule has 11 heavy (non-hydrogen) atoms. The summed E-state index contributed by atoms with van der Waals surface area (Å²) in [5.74, 6) is 1.83. The molecule has 2 heteroatoms. The molecule has 0 N–H and O–H groups in total. The van der Waals surface area contributed by atoms with Gasteiger partial charge in [0.1, 0.15) is 12.1 Å². The van der Waals surface area contributed by atoms with Gasteiger partial charge in [-0.2, -0.15) is 0 Å². The van der Waals surface area contributed by atoms with Gasteiger partial charge >= 0.3 is 0 Å². The normalized spacial score (nSPS) is 53.6. The Labute approximate surface area is 67.1 Å². The maximum absolute atomic E-state index is 9.66. The minimum absolute atomic E-state index is 0.537. The van der Waals surface area contributed by atoms with Gasteiger partial charge < -0.3 is 10.2 Å². The number of hydrogen-bond acceptors (Lipinski definition) is 0. The summed E-state index contributed by atoms with van der Waals surface area (Å²) in [4.78, 5) is 0. The fraction of sp³-hybridized carbons (Fsp3) is 1.00. The monoisotopic (exact) mass is 150 g/mol. The van der Waals surface area contributed by atoms with Crippen molar-refractivity contribution >= 4 is 0 Å². The van der Waals surface area contributed by atoms with Crippen LogP contribution in [0.25, 0.3) is 5.53 Å². The van der Waals surface area contributed by atoms with Gasteiger partial charge in [-0.05, 0) is 18.8 Å². The maximum Gasteiger partial charge on any atom is 0.144 e. The highest BCUT2D eigenvalue weighted by molar-refractivity contribution is 4.95. The highest BCUT2D eigenvalue weighted by Gasteiger charge is 2.54. The van der Waals surface area contributed by atoms with E-state index >= 15 is 0 Å². The summed E-state index contributed by atoms with van der Waals surface area (Å²) in [5, 5.41) is 0. The van der Waals surface area contributed by atoms with Crippen molar-refractivity contribution in [2.45, 2.75) is 44.2 Å². The molecule has 0 aromatic carbocycles. The fourth-order valence-electron chi connectivity index (χ4n) is 3.55. The van der Waals surface area contributed by atoms with E-state index in [0.717, 1.165) is 11.8 Å². The lowest BCUT2D eigenvalue weighted by Gasteiger charge is -2.33. The maximum atomic E-state index is 9.66. The summed E-state index contributed by atoms with van der Waals surface area (Å²) in [6.07, 6.45) is 6.58. The van der Waals surface area contributed by atoms with Crippen molar-refractivity contribution in [2.24, 2.45) is 11.8 Å². The largest absolute Gasteiger partial charge is 0.506 e. The Balaban J connectivity index is 1.98. The van der Waals surface area contributed by atoms with Crippen LogP contribution in [-0.4, -0.2) is 16.8 Å². The Morgan fingerprint density at radius 3 is 2.82 bits per heavy atom. The van der Waals surface area contributed by atoms with Crippen LogP contribution in [0.5, 0.6) is 0 Å². The topological polar surface area (TPSA) is 25.3 Å². The molecule has 2 aliphatic carbocycles. The second-order valence-corrected chi connectivity index (χ2v) is 4.43. The first-order chi connectivity index (χ1) is 5.36. The molecule has 0 aromatic heterocycles. The first-order valence-electron chi connectivity index (χ1n) is 4.83. The summed E-state index contributed by atoms with van der Waals surface area (Å²) >= 11 is 0. The van der Waals surface area contributed by atoms with Gasteiger partial charge in [-0.1, -0.05) is 0 Å². The quantitative estimate of drug-likeness (QED) is 0.472. The Morgan fingerprint density at radius 2 is 2.09 bits per heavy atom. The predicted molar refractivity (Wildman–Crippen MR) is 41.3 cm³/mol. The molecule has 2 saturated carbocycles. The molecule has 0 amide bonds. The SMILES string of the molecule is [N-]=[N+]1C2CC3CCC[C@@H]1[C@@H]3C2. The van der Waals surface area contributed by atoms with E-state index in [9.17, 15) is 5.53 Å². The summed E-state index contributed by atoms with van der Waals surface area (Å²) in [6, 6.07) is 1.09. The Morgan fingerprint density at radius 1 is 1.18 bits per heavy atom. The minimum atomic E-state index is 0.537. The molecule has 0 radical (unpaired) electrons. The molecule has 2 unspecified atom stereocenters. The number of hydrogen-bond donors (Lipinski definition) is 0. The molecule has 3 fully saturated rings. The van der Waals surface area contributed by atoms with Crippen molar-refractivity contribution in [1.82, 2.24) is 0 Å². The van der Waals surface area contributed by atoms with E-state index in [4.69, 9.17) is 0 Å². The second kappa shape index (κ2) is 1.85. The molecule has 1 saturated heterocycles. The zero-order valence-corrected chi connectivity index (χ0v) is 6.74. The molecule has 0 spiro atoms. The minimum Gasteiger partial charge on any atom is -0.506 e. The van der Waals surface area contributed by atoms with Crippen LogP contribution >= 0.6 is 0 Å². The molecule has 0 aromatic rings. The Hall–Kier alpha value is -0.400. The van der Waals surface area contributed by atoms with Gasteiger partial charge in [-0.15, -0.1) is 0 Å². The average Bonchev–Trinajstić information content (AvgIpc) is 2.53. The highest BCUT2D eigenvalue weighted by atomic mass is 15.3. The van der Waals surface area contributed by atoms with Crippen molar-refractivity contribution in [1.29, 1.82) is 0 Å². The van der Waals surface area contributed by atoms with Gasteiger partial charge in [-0.3, -0.25) is 0 Å². The molecule has 60 valence electrons. The molecule has 3 aliphatic rings. The predicted octanol–water partition coefficient (Wildman–Crippen LogP) is 1.98. The first kappa shape index (κ1) is 6.15. The van der Waals surface area contributed by atoms with Crippen LogP contribution in [0.2, 0.25) is 0 Å². The highest BCUT2D eigenvalue weighted by Crippen LogP contribution is 2.50. The Kier molecular flexibility index (Phi) is 1.03. The molecule has 2 bridgehead atoms. The molecule has 1 aliphatic heterocycles. The van der Waals surface area contributed by atoms with Gasteiger partial charge in [0.05, 0.1) is 0 Å². The average molecular weight is 150 g/mol. The van der Waals surface area contributed by atoms with Crippen LogP contribution in [0.15, 0.2) is 0 Å². The lowest BCUT2D eigenvalue weighted by atomic mass is 9.78. The van der Waals surface area contributed by atoms with Crippen LogP contribution in [0.1, 0.15) is 32.1 Å². The third-order valence-electron chi connectivity index (χ3n) is 4.01. The second-order valence-electron chi connectivity index (χ2n) is 4.43. The molecular weight excluding hydrogens is 136 g/mol. The van der Waals surface area contributed by atoms with Gasteiger partial charge in [0.2, 0.25) is 0 Å². The van der Waals surface area contributed by atoms with Crippen LogP contribution in [0.4, 0.5) is 0 Å². The van der Waals surface area contributed by atoms with E-state index < -0.39 is 0 Å². The van der Waals surface area contributed by atoms with Crippen molar-refractivity contribution in [3.63, 3.8) is 0 Å². The van der Waals surface area contributed by atoms with Gasteiger partial charge in [0.25, 0.3) is 0 Å². The summed E-state index contributed by atoms with van der Waals surface area (Å²) in [5.41, 5.74) is 9.66. The van der Waals surface area contributed by atoms with Crippen LogP contribution < -0.4 is 0 Å². The number of nitrogens with zero attached hydrogens (tertiary/aromatic N) is 2. The van der Waals surface area contributed by atoms with Crippen LogP contribution in [0, 0.1) is 11.8 Å². The molecule has 4 atom stereocenters. The third kappa shape index (κ3) is 0.633. The number of fused-ring (bicyclic) bond motifs is 1. The zero-order chi connectivity index (χ0) is 7.42.